The molecule has 3 rings (SSSR count). The van der Waals surface area contributed by atoms with Crippen LogP contribution in [0.2, 0.25) is 0 Å². The molecule has 1 fully saturated rings. The standard InChI is InChI=1S/C20H23F3N8O3/c1-19(2,3)34-18(32)31-4-5-33-13(11-31)9-26-14-6-15(29-30-17(14)20(21,22)23)28-16-10-25-12(7-24)8-27-16/h6,8,10,13H,4-5,9,11H2,1-3H3,(H2,26,27,28,29)/t13-/m1/s1. The average molecular weight is 480 g/mol. The lowest BCUT2D eigenvalue weighted by molar-refractivity contribution is -0.141. The van der Waals surface area contributed by atoms with Gasteiger partial charge in [-0.3, -0.25) is 0 Å². The number of nitrogens with zero attached hydrogens (tertiary/aromatic N) is 6. The second-order valence-electron chi connectivity index (χ2n) is 8.31. The molecule has 1 saturated heterocycles. The predicted octanol–water partition coefficient (Wildman–Crippen LogP) is 2.95. The van der Waals surface area contributed by atoms with Crippen LogP contribution in [0.5, 0.6) is 0 Å². The summed E-state index contributed by atoms with van der Waals surface area (Å²) in [5.41, 5.74) is -2.12. The lowest BCUT2D eigenvalue weighted by Gasteiger charge is -2.34. The zero-order chi connectivity index (χ0) is 24.9. The van der Waals surface area contributed by atoms with Gasteiger partial charge in [0.15, 0.2) is 17.2 Å². The van der Waals surface area contributed by atoms with E-state index in [0.717, 1.165) is 6.07 Å². The molecule has 1 atom stereocenters. The van der Waals surface area contributed by atoms with Gasteiger partial charge in [0, 0.05) is 19.2 Å². The number of nitriles is 1. The molecule has 0 aromatic carbocycles. The summed E-state index contributed by atoms with van der Waals surface area (Å²) < 4.78 is 51.3. The topological polar surface area (TPSA) is 138 Å². The van der Waals surface area contributed by atoms with Gasteiger partial charge in [-0.2, -0.15) is 18.4 Å². The fourth-order valence-electron chi connectivity index (χ4n) is 2.94. The minimum Gasteiger partial charge on any atom is -0.444 e. The normalized spacial score (nSPS) is 16.5. The van der Waals surface area contributed by atoms with Crippen LogP contribution >= 0.6 is 0 Å². The number of ether oxygens (including phenoxy) is 2. The third-order valence-corrected chi connectivity index (χ3v) is 4.40. The van der Waals surface area contributed by atoms with Crippen LogP contribution in [0.15, 0.2) is 18.5 Å². The van der Waals surface area contributed by atoms with Crippen LogP contribution in [0.4, 0.5) is 35.3 Å². The highest BCUT2D eigenvalue weighted by Gasteiger charge is 2.37. The Hall–Kier alpha value is -3.73. The van der Waals surface area contributed by atoms with Crippen LogP contribution in [0.1, 0.15) is 32.2 Å². The summed E-state index contributed by atoms with van der Waals surface area (Å²) in [4.78, 5) is 21.5. The first-order valence-electron chi connectivity index (χ1n) is 10.2. The van der Waals surface area contributed by atoms with Gasteiger partial charge in [-0.05, 0) is 20.8 Å². The second kappa shape index (κ2) is 10.0. The summed E-state index contributed by atoms with van der Waals surface area (Å²) in [6.45, 7) is 5.89. The summed E-state index contributed by atoms with van der Waals surface area (Å²) in [6.07, 6.45) is -3.39. The number of halogens is 3. The summed E-state index contributed by atoms with van der Waals surface area (Å²) in [5, 5.41) is 21.0. The van der Waals surface area contributed by atoms with Gasteiger partial charge in [0.25, 0.3) is 0 Å². The van der Waals surface area contributed by atoms with Crippen LogP contribution < -0.4 is 10.6 Å². The lowest BCUT2D eigenvalue weighted by Crippen LogP contribution is -2.49. The van der Waals surface area contributed by atoms with Crippen molar-refractivity contribution < 1.29 is 27.4 Å². The number of carbonyl (C=O) groups is 1. The van der Waals surface area contributed by atoms with E-state index in [4.69, 9.17) is 14.7 Å². The Morgan fingerprint density at radius 1 is 1.26 bits per heavy atom. The van der Waals surface area contributed by atoms with Crippen molar-refractivity contribution in [2.45, 2.75) is 38.7 Å². The highest BCUT2D eigenvalue weighted by atomic mass is 19.4. The number of hydrogen-bond donors (Lipinski definition) is 2. The third kappa shape index (κ3) is 6.88. The fraction of sp³-hybridized carbons (Fsp3) is 0.500. The molecule has 0 bridgehead atoms. The third-order valence-electron chi connectivity index (χ3n) is 4.40. The average Bonchev–Trinajstić information content (AvgIpc) is 2.76. The number of nitrogens with one attached hydrogen (secondary N) is 2. The van der Waals surface area contributed by atoms with E-state index >= 15 is 0 Å². The zero-order valence-electron chi connectivity index (χ0n) is 18.7. The molecule has 34 heavy (non-hydrogen) atoms. The van der Waals surface area contributed by atoms with Gasteiger partial charge in [0.05, 0.1) is 37.3 Å². The molecule has 1 aliphatic heterocycles. The molecule has 3 heterocycles. The molecule has 0 saturated carbocycles. The minimum absolute atomic E-state index is 0.0190. The van der Waals surface area contributed by atoms with Crippen molar-refractivity contribution in [1.82, 2.24) is 25.1 Å². The van der Waals surface area contributed by atoms with Gasteiger partial charge in [-0.1, -0.05) is 0 Å². The smallest absolute Gasteiger partial charge is 0.437 e. The Morgan fingerprint density at radius 3 is 2.65 bits per heavy atom. The number of aromatic nitrogens is 4. The first-order chi connectivity index (χ1) is 15.9. The van der Waals surface area contributed by atoms with Crippen LogP contribution in [0.3, 0.4) is 0 Å². The Labute approximate surface area is 193 Å². The number of hydrogen-bond acceptors (Lipinski definition) is 10. The Bertz CT molecular complexity index is 1050. The van der Waals surface area contributed by atoms with Gasteiger partial charge >= 0.3 is 12.3 Å². The molecule has 182 valence electrons. The van der Waals surface area contributed by atoms with Crippen LogP contribution in [-0.4, -0.2) is 69.1 Å². The van der Waals surface area contributed by atoms with Crippen molar-refractivity contribution in [2.24, 2.45) is 0 Å². The summed E-state index contributed by atoms with van der Waals surface area (Å²) in [5.74, 6) is 0.150. The van der Waals surface area contributed by atoms with E-state index in [9.17, 15) is 18.0 Å². The molecule has 0 spiro atoms. The molecule has 0 unspecified atom stereocenters. The number of amides is 1. The second-order valence-corrected chi connectivity index (χ2v) is 8.31. The SMILES string of the molecule is CC(C)(C)OC(=O)N1CCO[C@H](CNc2cc(Nc3cnc(C#N)cn3)nnc2C(F)(F)F)C1. The Morgan fingerprint density at radius 2 is 2.03 bits per heavy atom. The molecule has 2 N–H and O–H groups in total. The van der Waals surface area contributed by atoms with Crippen LogP contribution in [0, 0.1) is 11.3 Å². The summed E-state index contributed by atoms with van der Waals surface area (Å²) in [7, 11) is 0. The first-order valence-corrected chi connectivity index (χ1v) is 10.2. The minimum atomic E-state index is -4.75. The van der Waals surface area contributed by atoms with E-state index in [-0.39, 0.29) is 42.7 Å². The summed E-state index contributed by atoms with van der Waals surface area (Å²) >= 11 is 0. The monoisotopic (exact) mass is 480 g/mol. The van der Waals surface area contributed by atoms with Gasteiger partial charge in [-0.25, -0.2) is 14.8 Å². The molecule has 0 radical (unpaired) electrons. The van der Waals surface area contributed by atoms with E-state index in [1.54, 1.807) is 20.8 Å². The quantitative estimate of drug-likeness (QED) is 0.657. The van der Waals surface area contributed by atoms with E-state index in [1.807, 2.05) is 6.07 Å². The van der Waals surface area contributed by atoms with Gasteiger partial charge < -0.3 is 25.0 Å². The number of rotatable bonds is 5. The number of anilines is 3. The van der Waals surface area contributed by atoms with Crippen molar-refractivity contribution in [3.05, 3.63) is 29.8 Å². The molecule has 14 heteroatoms. The Balaban J connectivity index is 1.71. The predicted molar refractivity (Wildman–Crippen MR) is 113 cm³/mol. The van der Waals surface area contributed by atoms with E-state index < -0.39 is 29.7 Å². The first kappa shape index (κ1) is 24.9. The van der Waals surface area contributed by atoms with Crippen molar-refractivity contribution >= 4 is 23.4 Å². The zero-order valence-corrected chi connectivity index (χ0v) is 18.7. The molecule has 1 aliphatic rings. The maximum Gasteiger partial charge on any atom is 0.437 e. The lowest BCUT2D eigenvalue weighted by atomic mass is 10.2. The van der Waals surface area contributed by atoms with Crippen molar-refractivity contribution in [1.29, 1.82) is 5.26 Å². The summed E-state index contributed by atoms with van der Waals surface area (Å²) in [6, 6.07) is 2.94. The highest BCUT2D eigenvalue weighted by Crippen LogP contribution is 2.34. The fourth-order valence-corrected chi connectivity index (χ4v) is 2.94. The number of alkyl halides is 3. The molecule has 0 aliphatic carbocycles. The highest BCUT2D eigenvalue weighted by molar-refractivity contribution is 5.68. The molecular formula is C20H23F3N8O3. The Kier molecular flexibility index (Phi) is 7.35. The van der Waals surface area contributed by atoms with Crippen LogP contribution in [-0.2, 0) is 15.7 Å². The van der Waals surface area contributed by atoms with Crippen molar-refractivity contribution in [3.8, 4) is 6.07 Å². The van der Waals surface area contributed by atoms with Crippen molar-refractivity contribution in [3.63, 3.8) is 0 Å². The molecule has 2 aromatic heterocycles. The number of morpholine rings is 1. The molecule has 2 aromatic rings. The molecular weight excluding hydrogens is 457 g/mol. The van der Waals surface area contributed by atoms with E-state index in [1.165, 1.54) is 17.3 Å². The molecule has 1 amide bonds. The molecule has 11 nitrogen and oxygen atoms in total. The van der Waals surface area contributed by atoms with E-state index in [0.29, 0.717) is 6.54 Å². The maximum atomic E-state index is 13.5. The number of carbonyl (C=O) groups excluding carboxylic acids is 1. The van der Waals surface area contributed by atoms with Gasteiger partial charge in [0.2, 0.25) is 0 Å². The maximum absolute atomic E-state index is 13.5. The largest absolute Gasteiger partial charge is 0.444 e. The van der Waals surface area contributed by atoms with Gasteiger partial charge in [0.1, 0.15) is 17.5 Å². The van der Waals surface area contributed by atoms with Crippen molar-refractivity contribution in [2.75, 3.05) is 36.9 Å². The van der Waals surface area contributed by atoms with Crippen LogP contribution in [0.25, 0.3) is 0 Å². The van der Waals surface area contributed by atoms with Gasteiger partial charge in [-0.15, -0.1) is 10.2 Å². The van der Waals surface area contributed by atoms with E-state index in [2.05, 4.69) is 30.8 Å².